The van der Waals surface area contributed by atoms with E-state index in [1.54, 1.807) is 13.3 Å². The number of nitrogens with zero attached hydrogens (tertiary/aromatic N) is 4. The summed E-state index contributed by atoms with van der Waals surface area (Å²) in [5.41, 5.74) is 4.92. The van der Waals surface area contributed by atoms with E-state index in [-0.39, 0.29) is 0 Å². The molecule has 114 valence electrons. The Kier molecular flexibility index (Phi) is 2.64. The molecule has 5 aromatic rings. The van der Waals surface area contributed by atoms with Crippen LogP contribution < -0.4 is 4.74 Å². The molecular formula is C19H12N4O. The Bertz CT molecular complexity index is 1250. The molecule has 0 spiro atoms. The van der Waals surface area contributed by atoms with Crippen molar-refractivity contribution in [1.82, 2.24) is 19.9 Å². The van der Waals surface area contributed by atoms with Crippen LogP contribution in [0, 0.1) is 0 Å². The average molecular weight is 312 g/mol. The fraction of sp³-hybridized carbons (Fsp3) is 0.0526. The van der Waals surface area contributed by atoms with Gasteiger partial charge in [0, 0.05) is 23.0 Å². The highest BCUT2D eigenvalue weighted by molar-refractivity contribution is 6.21. The highest BCUT2D eigenvalue weighted by atomic mass is 16.5. The second kappa shape index (κ2) is 4.83. The predicted octanol–water partition coefficient (Wildman–Crippen LogP) is 3.89. The van der Waals surface area contributed by atoms with Crippen molar-refractivity contribution < 1.29 is 4.74 Å². The second-order valence-corrected chi connectivity index (χ2v) is 5.56. The molecule has 0 unspecified atom stereocenters. The number of fused-ring (bicyclic) bond motifs is 7. The summed E-state index contributed by atoms with van der Waals surface area (Å²) in [6.45, 7) is 0. The summed E-state index contributed by atoms with van der Waals surface area (Å²) in [7, 11) is 1.61. The van der Waals surface area contributed by atoms with Gasteiger partial charge in [-0.3, -0.25) is 4.98 Å². The second-order valence-electron chi connectivity index (χ2n) is 5.56. The minimum absolute atomic E-state index is 0.550. The van der Waals surface area contributed by atoms with Crippen molar-refractivity contribution in [3.05, 3.63) is 54.7 Å². The molecule has 0 saturated heterocycles. The van der Waals surface area contributed by atoms with Gasteiger partial charge in [-0.1, -0.05) is 12.1 Å². The average Bonchev–Trinajstić information content (AvgIpc) is 2.66. The minimum atomic E-state index is 0.550. The quantitative estimate of drug-likeness (QED) is 0.347. The van der Waals surface area contributed by atoms with Gasteiger partial charge in [0.15, 0.2) is 0 Å². The lowest BCUT2D eigenvalue weighted by molar-refractivity contribution is 0.399. The van der Waals surface area contributed by atoms with Gasteiger partial charge in [0.1, 0.15) is 16.6 Å². The van der Waals surface area contributed by atoms with Gasteiger partial charge in [-0.2, -0.15) is 0 Å². The number of hydrogen-bond acceptors (Lipinski definition) is 5. The maximum atomic E-state index is 5.29. The van der Waals surface area contributed by atoms with E-state index >= 15 is 0 Å². The van der Waals surface area contributed by atoms with Crippen molar-refractivity contribution in [1.29, 1.82) is 0 Å². The molecule has 3 aromatic heterocycles. The maximum Gasteiger partial charge on any atom is 0.213 e. The highest BCUT2D eigenvalue weighted by Gasteiger charge is 2.14. The number of para-hydroxylation sites is 2. The summed E-state index contributed by atoms with van der Waals surface area (Å²) < 4.78 is 5.29. The normalized spacial score (nSPS) is 11.5. The minimum Gasteiger partial charge on any atom is -0.481 e. The number of methoxy groups -OCH3 is 1. The van der Waals surface area contributed by atoms with Crippen molar-refractivity contribution in [2.24, 2.45) is 0 Å². The van der Waals surface area contributed by atoms with Gasteiger partial charge in [-0.15, -0.1) is 0 Å². The Balaban J connectivity index is 2.11. The zero-order valence-corrected chi connectivity index (χ0v) is 12.9. The Morgan fingerprint density at radius 1 is 0.667 bits per heavy atom. The molecule has 0 radical (unpaired) electrons. The Morgan fingerprint density at radius 3 is 2.17 bits per heavy atom. The number of ether oxygens (including phenoxy) is 1. The van der Waals surface area contributed by atoms with E-state index in [2.05, 4.69) is 9.97 Å². The molecule has 24 heavy (non-hydrogen) atoms. The molecule has 0 N–H and O–H groups in total. The predicted molar refractivity (Wildman–Crippen MR) is 94.2 cm³/mol. The van der Waals surface area contributed by atoms with Crippen LogP contribution >= 0.6 is 0 Å². The monoisotopic (exact) mass is 312 g/mol. The van der Waals surface area contributed by atoms with Crippen LogP contribution in [-0.2, 0) is 0 Å². The maximum absolute atomic E-state index is 5.29. The van der Waals surface area contributed by atoms with E-state index in [1.165, 1.54) is 0 Å². The molecule has 0 saturated carbocycles. The van der Waals surface area contributed by atoms with Crippen LogP contribution in [0.2, 0.25) is 0 Å². The van der Waals surface area contributed by atoms with Crippen molar-refractivity contribution in [3.63, 3.8) is 0 Å². The van der Waals surface area contributed by atoms with Gasteiger partial charge in [-0.25, -0.2) is 15.0 Å². The first-order valence-corrected chi connectivity index (χ1v) is 7.63. The Morgan fingerprint density at radius 2 is 1.38 bits per heavy atom. The Hall–Kier alpha value is -3.34. The van der Waals surface area contributed by atoms with E-state index < -0.39 is 0 Å². The number of aromatic nitrogens is 4. The first-order valence-electron chi connectivity index (χ1n) is 7.63. The summed E-state index contributed by atoms with van der Waals surface area (Å²) in [4.78, 5) is 18.8. The molecule has 0 aliphatic heterocycles. The van der Waals surface area contributed by atoms with Gasteiger partial charge < -0.3 is 4.74 Å². The molecule has 5 nitrogen and oxygen atoms in total. The van der Waals surface area contributed by atoms with Gasteiger partial charge in [-0.05, 0) is 30.3 Å². The van der Waals surface area contributed by atoms with Crippen LogP contribution in [0.25, 0.3) is 43.9 Å². The number of rotatable bonds is 1. The zero-order valence-electron chi connectivity index (χ0n) is 12.9. The van der Waals surface area contributed by atoms with Crippen molar-refractivity contribution in [3.8, 4) is 5.88 Å². The smallest absolute Gasteiger partial charge is 0.213 e. The van der Waals surface area contributed by atoms with Crippen molar-refractivity contribution in [2.75, 3.05) is 7.11 Å². The van der Waals surface area contributed by atoms with Gasteiger partial charge >= 0.3 is 0 Å². The summed E-state index contributed by atoms with van der Waals surface area (Å²) >= 11 is 0. The van der Waals surface area contributed by atoms with E-state index in [1.807, 2.05) is 48.5 Å². The fourth-order valence-electron chi connectivity index (χ4n) is 3.09. The van der Waals surface area contributed by atoms with Crippen molar-refractivity contribution >= 4 is 43.9 Å². The van der Waals surface area contributed by atoms with Crippen LogP contribution in [0.1, 0.15) is 0 Å². The third-order valence-electron chi connectivity index (χ3n) is 4.19. The molecule has 3 heterocycles. The molecule has 0 aliphatic rings. The van der Waals surface area contributed by atoms with Crippen LogP contribution in [0.4, 0.5) is 0 Å². The van der Waals surface area contributed by atoms with E-state index in [9.17, 15) is 0 Å². The largest absolute Gasteiger partial charge is 0.481 e. The van der Waals surface area contributed by atoms with Crippen LogP contribution in [0.5, 0.6) is 5.88 Å². The number of hydrogen-bond donors (Lipinski definition) is 0. The lowest BCUT2D eigenvalue weighted by Crippen LogP contribution is -1.95. The zero-order chi connectivity index (χ0) is 16.1. The van der Waals surface area contributed by atoms with Crippen LogP contribution in [-0.4, -0.2) is 27.0 Å². The molecule has 5 rings (SSSR count). The molecule has 0 amide bonds. The van der Waals surface area contributed by atoms with Crippen LogP contribution in [0.15, 0.2) is 54.7 Å². The summed E-state index contributed by atoms with van der Waals surface area (Å²) in [6.07, 6.45) is 1.78. The lowest BCUT2D eigenvalue weighted by atomic mass is 10.1. The lowest BCUT2D eigenvalue weighted by Gasteiger charge is -2.09. The third-order valence-corrected chi connectivity index (χ3v) is 4.19. The van der Waals surface area contributed by atoms with E-state index in [0.29, 0.717) is 5.88 Å². The third kappa shape index (κ3) is 1.75. The Labute approximate surface area is 137 Å². The first-order chi connectivity index (χ1) is 11.8. The molecule has 0 fully saturated rings. The van der Waals surface area contributed by atoms with Gasteiger partial charge in [0.25, 0.3) is 0 Å². The molecule has 0 atom stereocenters. The summed E-state index contributed by atoms with van der Waals surface area (Å²) in [6, 6.07) is 15.6. The highest BCUT2D eigenvalue weighted by Crippen LogP contribution is 2.32. The first kappa shape index (κ1) is 13.1. The number of benzene rings is 2. The van der Waals surface area contributed by atoms with E-state index in [0.717, 1.165) is 43.9 Å². The van der Waals surface area contributed by atoms with Gasteiger partial charge in [0.05, 0.1) is 23.7 Å². The van der Waals surface area contributed by atoms with E-state index in [4.69, 9.17) is 14.7 Å². The molecule has 0 bridgehead atoms. The molecule has 0 aliphatic carbocycles. The summed E-state index contributed by atoms with van der Waals surface area (Å²) in [5.74, 6) is 0.550. The fourth-order valence-corrected chi connectivity index (χ4v) is 3.09. The number of pyridine rings is 2. The van der Waals surface area contributed by atoms with Gasteiger partial charge in [0.2, 0.25) is 5.88 Å². The molecule has 5 heteroatoms. The molecule has 2 aromatic carbocycles. The molecular weight excluding hydrogens is 300 g/mol. The SMILES string of the molecule is COc1ccc2c3ncccc3c3nc4ccccc4nc3c2n1. The van der Waals surface area contributed by atoms with Crippen molar-refractivity contribution in [2.45, 2.75) is 0 Å². The topological polar surface area (TPSA) is 60.8 Å². The standard InChI is InChI=1S/C19H12N4O/c1-24-15-9-8-12-16-11(5-4-10-20-16)17-19(18(12)23-15)22-14-7-3-2-6-13(14)21-17/h2-10H,1H3. The summed E-state index contributed by atoms with van der Waals surface area (Å²) in [5, 5.41) is 1.92. The van der Waals surface area contributed by atoms with Crippen LogP contribution in [0.3, 0.4) is 0 Å².